The number of rotatable bonds is 4. The van der Waals surface area contributed by atoms with Gasteiger partial charge in [-0.3, -0.25) is 4.79 Å². The van der Waals surface area contributed by atoms with E-state index in [2.05, 4.69) is 0 Å². The van der Waals surface area contributed by atoms with Crippen LogP contribution in [0.25, 0.3) is 0 Å². The number of aliphatic hydroxyl groups excluding tert-OH is 1. The molecule has 1 aromatic carbocycles. The van der Waals surface area contributed by atoms with E-state index in [0.717, 1.165) is 6.42 Å². The van der Waals surface area contributed by atoms with Crippen molar-refractivity contribution >= 4 is 5.78 Å². The van der Waals surface area contributed by atoms with Gasteiger partial charge in [-0.1, -0.05) is 44.2 Å². The maximum atomic E-state index is 11.6. The molecule has 76 valence electrons. The Bertz CT molecular complexity index is 292. The van der Waals surface area contributed by atoms with E-state index in [1.807, 2.05) is 32.0 Å². The van der Waals surface area contributed by atoms with E-state index >= 15 is 0 Å². The molecule has 0 saturated heterocycles. The maximum Gasteiger partial charge on any atom is 0.168 e. The van der Waals surface area contributed by atoms with Crippen LogP contribution in [0.1, 0.15) is 31.9 Å². The highest BCUT2D eigenvalue weighted by Gasteiger charge is 2.21. The van der Waals surface area contributed by atoms with Crippen LogP contribution in [-0.4, -0.2) is 10.9 Å². The summed E-state index contributed by atoms with van der Waals surface area (Å²) in [4.78, 5) is 11.6. The van der Waals surface area contributed by atoms with Gasteiger partial charge in [-0.05, 0) is 12.0 Å². The van der Waals surface area contributed by atoms with Gasteiger partial charge in [-0.2, -0.15) is 0 Å². The molecule has 0 saturated carbocycles. The minimum atomic E-state index is -0.967. The molecule has 14 heavy (non-hydrogen) atoms. The zero-order chi connectivity index (χ0) is 10.6. The van der Waals surface area contributed by atoms with E-state index in [4.69, 9.17) is 0 Å². The van der Waals surface area contributed by atoms with Crippen molar-refractivity contribution in [1.29, 1.82) is 0 Å². The largest absolute Gasteiger partial charge is 0.381 e. The van der Waals surface area contributed by atoms with Crippen LogP contribution in [-0.2, 0) is 4.79 Å². The second-order valence-electron chi connectivity index (χ2n) is 3.52. The van der Waals surface area contributed by atoms with E-state index in [1.165, 1.54) is 0 Å². The molecule has 1 aromatic rings. The van der Waals surface area contributed by atoms with Gasteiger partial charge < -0.3 is 5.11 Å². The molecule has 0 aromatic heterocycles. The van der Waals surface area contributed by atoms with Crippen molar-refractivity contribution in [1.82, 2.24) is 0 Å². The molecule has 0 spiro atoms. The van der Waals surface area contributed by atoms with Crippen LogP contribution in [0.3, 0.4) is 0 Å². The number of aliphatic hydroxyl groups is 1. The first-order valence-corrected chi connectivity index (χ1v) is 4.93. The van der Waals surface area contributed by atoms with Crippen LogP contribution in [0, 0.1) is 5.92 Å². The van der Waals surface area contributed by atoms with Gasteiger partial charge in [0, 0.05) is 5.92 Å². The van der Waals surface area contributed by atoms with E-state index in [1.54, 1.807) is 12.1 Å². The fourth-order valence-corrected chi connectivity index (χ4v) is 1.27. The molecule has 0 amide bonds. The molecule has 2 nitrogen and oxygen atoms in total. The molecular weight excluding hydrogens is 176 g/mol. The van der Waals surface area contributed by atoms with Gasteiger partial charge in [0.2, 0.25) is 0 Å². The predicted molar refractivity (Wildman–Crippen MR) is 55.9 cm³/mol. The summed E-state index contributed by atoms with van der Waals surface area (Å²) in [6, 6.07) is 9.05. The zero-order valence-corrected chi connectivity index (χ0v) is 8.60. The van der Waals surface area contributed by atoms with Gasteiger partial charge in [0.05, 0.1) is 0 Å². The fraction of sp³-hybridized carbons (Fsp3) is 0.417. The molecule has 0 aliphatic heterocycles. The SMILES string of the molecule is CCC(C)C(=O)C(O)c1ccccc1. The molecule has 0 aliphatic rings. The van der Waals surface area contributed by atoms with Gasteiger partial charge in [-0.25, -0.2) is 0 Å². The Morgan fingerprint density at radius 2 is 1.93 bits per heavy atom. The summed E-state index contributed by atoms with van der Waals surface area (Å²) in [7, 11) is 0. The summed E-state index contributed by atoms with van der Waals surface area (Å²) in [5.74, 6) is -0.177. The lowest BCUT2D eigenvalue weighted by Gasteiger charge is -2.13. The number of benzene rings is 1. The summed E-state index contributed by atoms with van der Waals surface area (Å²) in [6.45, 7) is 3.79. The summed E-state index contributed by atoms with van der Waals surface area (Å²) < 4.78 is 0. The van der Waals surface area contributed by atoms with Crippen molar-refractivity contribution in [3.05, 3.63) is 35.9 Å². The average molecular weight is 192 g/mol. The third kappa shape index (κ3) is 2.42. The summed E-state index contributed by atoms with van der Waals surface area (Å²) in [5, 5.41) is 9.74. The first-order valence-electron chi connectivity index (χ1n) is 4.93. The first-order chi connectivity index (χ1) is 6.66. The highest BCUT2D eigenvalue weighted by atomic mass is 16.3. The normalized spacial score (nSPS) is 14.8. The lowest BCUT2D eigenvalue weighted by atomic mass is 9.95. The van der Waals surface area contributed by atoms with Crippen molar-refractivity contribution in [2.45, 2.75) is 26.4 Å². The number of hydrogen-bond acceptors (Lipinski definition) is 2. The van der Waals surface area contributed by atoms with E-state index in [9.17, 15) is 9.90 Å². The second kappa shape index (κ2) is 4.91. The Kier molecular flexibility index (Phi) is 3.84. The summed E-state index contributed by atoms with van der Waals surface area (Å²) in [6.07, 6.45) is -0.200. The Balaban J connectivity index is 2.76. The van der Waals surface area contributed by atoms with Gasteiger partial charge in [0.15, 0.2) is 5.78 Å². The second-order valence-corrected chi connectivity index (χ2v) is 3.52. The summed E-state index contributed by atoms with van der Waals surface area (Å²) in [5.41, 5.74) is 0.679. The van der Waals surface area contributed by atoms with E-state index in [-0.39, 0.29) is 11.7 Å². The molecule has 2 unspecified atom stereocenters. The highest BCUT2D eigenvalue weighted by molar-refractivity contribution is 5.85. The Morgan fingerprint density at radius 3 is 2.43 bits per heavy atom. The number of hydrogen-bond donors (Lipinski definition) is 1. The molecule has 1 N–H and O–H groups in total. The smallest absolute Gasteiger partial charge is 0.168 e. The minimum Gasteiger partial charge on any atom is -0.381 e. The van der Waals surface area contributed by atoms with Crippen LogP contribution in [0.5, 0.6) is 0 Å². The van der Waals surface area contributed by atoms with Crippen molar-refractivity contribution in [2.75, 3.05) is 0 Å². The molecule has 2 heteroatoms. The van der Waals surface area contributed by atoms with Crippen molar-refractivity contribution in [3.8, 4) is 0 Å². The van der Waals surface area contributed by atoms with Crippen LogP contribution >= 0.6 is 0 Å². The maximum absolute atomic E-state index is 11.6. The van der Waals surface area contributed by atoms with E-state index in [0.29, 0.717) is 5.56 Å². The highest BCUT2D eigenvalue weighted by Crippen LogP contribution is 2.18. The Morgan fingerprint density at radius 1 is 1.36 bits per heavy atom. The quantitative estimate of drug-likeness (QED) is 0.795. The van der Waals surface area contributed by atoms with Crippen LogP contribution in [0.2, 0.25) is 0 Å². The average Bonchev–Trinajstić information content (AvgIpc) is 2.27. The number of carbonyl (C=O) groups excluding carboxylic acids is 1. The first kappa shape index (κ1) is 10.9. The topological polar surface area (TPSA) is 37.3 Å². The summed E-state index contributed by atoms with van der Waals surface area (Å²) >= 11 is 0. The lowest BCUT2D eigenvalue weighted by Crippen LogP contribution is -2.19. The molecule has 2 atom stereocenters. The van der Waals surface area contributed by atoms with Crippen LogP contribution < -0.4 is 0 Å². The molecule has 0 fully saturated rings. The third-order valence-corrected chi connectivity index (χ3v) is 2.48. The Hall–Kier alpha value is -1.15. The van der Waals surface area contributed by atoms with Crippen LogP contribution in [0.4, 0.5) is 0 Å². The number of carbonyl (C=O) groups is 1. The Labute approximate surface area is 84.6 Å². The molecular formula is C12H16O2. The standard InChI is InChI=1S/C12H16O2/c1-3-9(2)11(13)12(14)10-7-5-4-6-8-10/h4-9,12,14H,3H2,1-2H3. The lowest BCUT2D eigenvalue weighted by molar-refractivity contribution is -0.131. The van der Waals surface area contributed by atoms with E-state index < -0.39 is 6.10 Å². The third-order valence-electron chi connectivity index (χ3n) is 2.48. The van der Waals surface area contributed by atoms with Crippen molar-refractivity contribution < 1.29 is 9.90 Å². The van der Waals surface area contributed by atoms with Gasteiger partial charge in [0.1, 0.15) is 6.10 Å². The van der Waals surface area contributed by atoms with Crippen molar-refractivity contribution in [3.63, 3.8) is 0 Å². The fourth-order valence-electron chi connectivity index (χ4n) is 1.27. The molecule has 0 bridgehead atoms. The minimum absolute atomic E-state index is 0.0785. The van der Waals surface area contributed by atoms with Gasteiger partial charge in [-0.15, -0.1) is 0 Å². The number of ketones is 1. The van der Waals surface area contributed by atoms with Crippen molar-refractivity contribution in [2.24, 2.45) is 5.92 Å². The number of Topliss-reactive ketones (excluding diaryl/α,β-unsaturated/α-hetero) is 1. The zero-order valence-electron chi connectivity index (χ0n) is 8.60. The molecule has 0 heterocycles. The van der Waals surface area contributed by atoms with Gasteiger partial charge >= 0.3 is 0 Å². The molecule has 1 rings (SSSR count). The van der Waals surface area contributed by atoms with Gasteiger partial charge in [0.25, 0.3) is 0 Å². The predicted octanol–water partition coefficient (Wildman–Crippen LogP) is 2.34. The molecule has 0 aliphatic carbocycles. The van der Waals surface area contributed by atoms with Crippen LogP contribution in [0.15, 0.2) is 30.3 Å². The monoisotopic (exact) mass is 192 g/mol. The molecule has 0 radical (unpaired) electrons.